The second kappa shape index (κ2) is 8.96. The number of hydrogen-bond donors (Lipinski definition) is 2. The minimum Gasteiger partial charge on any atom is -0.316 e. The van der Waals surface area contributed by atoms with E-state index >= 15 is 0 Å². The van der Waals surface area contributed by atoms with E-state index in [0.29, 0.717) is 11.5 Å². The standard InChI is InChI=1S/C14H20ClN3O4S.ClH/c1-10-7-12(18(19)20)14(15)13(8-10)23(21,22)17-6-4-11-3-2-5-16-9-11;/h7-8,11,16-17H,2-6,9H2,1H3;1H. The van der Waals surface area contributed by atoms with Gasteiger partial charge in [-0.05, 0) is 56.8 Å². The molecular formula is C14H21Cl2N3O4S. The summed E-state index contributed by atoms with van der Waals surface area (Å²) in [6.07, 6.45) is 2.89. The Bertz CT molecular complexity index is 692. The Hall–Kier alpha value is -0.930. The quantitative estimate of drug-likeness (QED) is 0.567. The van der Waals surface area contributed by atoms with Crippen LogP contribution in [0.5, 0.6) is 0 Å². The highest BCUT2D eigenvalue weighted by molar-refractivity contribution is 7.89. The first-order chi connectivity index (χ1) is 10.8. The zero-order valence-corrected chi connectivity index (χ0v) is 15.6. The molecule has 136 valence electrons. The van der Waals surface area contributed by atoms with Gasteiger partial charge in [0.15, 0.2) is 0 Å². The third kappa shape index (κ3) is 5.29. The van der Waals surface area contributed by atoms with Crippen molar-refractivity contribution in [3.8, 4) is 0 Å². The fourth-order valence-electron chi connectivity index (χ4n) is 2.69. The van der Waals surface area contributed by atoms with Gasteiger partial charge in [-0.25, -0.2) is 13.1 Å². The van der Waals surface area contributed by atoms with Gasteiger partial charge in [-0.15, -0.1) is 12.4 Å². The molecule has 7 nitrogen and oxygen atoms in total. The highest BCUT2D eigenvalue weighted by atomic mass is 35.5. The second-order valence-corrected chi connectivity index (χ2v) is 7.87. The number of hydrogen-bond acceptors (Lipinski definition) is 5. The van der Waals surface area contributed by atoms with Crippen molar-refractivity contribution in [2.24, 2.45) is 5.92 Å². The van der Waals surface area contributed by atoms with Crippen molar-refractivity contribution in [2.75, 3.05) is 19.6 Å². The number of piperidine rings is 1. The molecule has 1 atom stereocenters. The maximum absolute atomic E-state index is 12.4. The molecule has 1 aromatic rings. The topological polar surface area (TPSA) is 101 Å². The molecule has 1 aliphatic heterocycles. The predicted molar refractivity (Wildman–Crippen MR) is 95.5 cm³/mol. The van der Waals surface area contributed by atoms with Gasteiger partial charge in [-0.2, -0.15) is 0 Å². The minimum atomic E-state index is -3.88. The van der Waals surface area contributed by atoms with Crippen LogP contribution in [-0.2, 0) is 10.0 Å². The molecule has 1 saturated heterocycles. The molecule has 0 bridgehead atoms. The SMILES string of the molecule is Cc1cc([N+](=O)[O-])c(Cl)c(S(=O)(=O)NCCC2CCCNC2)c1.Cl. The average molecular weight is 398 g/mol. The first kappa shape index (κ1) is 21.1. The van der Waals surface area contributed by atoms with Gasteiger partial charge in [0.1, 0.15) is 9.92 Å². The first-order valence-electron chi connectivity index (χ1n) is 7.46. The molecule has 2 rings (SSSR count). The van der Waals surface area contributed by atoms with Crippen molar-refractivity contribution >= 4 is 39.7 Å². The van der Waals surface area contributed by atoms with E-state index in [0.717, 1.165) is 32.4 Å². The summed E-state index contributed by atoms with van der Waals surface area (Å²) in [4.78, 5) is 10.1. The number of nitro benzene ring substituents is 1. The fraction of sp³-hybridized carbons (Fsp3) is 0.571. The molecule has 0 amide bonds. The van der Waals surface area contributed by atoms with Crippen LogP contribution in [0.1, 0.15) is 24.8 Å². The molecule has 0 saturated carbocycles. The Morgan fingerprint density at radius 3 is 2.75 bits per heavy atom. The first-order valence-corrected chi connectivity index (χ1v) is 9.32. The second-order valence-electron chi connectivity index (χ2n) is 5.75. The van der Waals surface area contributed by atoms with Gasteiger partial charge >= 0.3 is 0 Å². The largest absolute Gasteiger partial charge is 0.316 e. The van der Waals surface area contributed by atoms with Crippen molar-refractivity contribution in [1.82, 2.24) is 10.0 Å². The maximum atomic E-state index is 12.4. The zero-order valence-electron chi connectivity index (χ0n) is 13.2. The number of benzene rings is 1. The van der Waals surface area contributed by atoms with Gasteiger partial charge in [0.2, 0.25) is 10.0 Å². The van der Waals surface area contributed by atoms with Crippen LogP contribution < -0.4 is 10.0 Å². The number of aryl methyl sites for hydroxylation is 1. The molecule has 0 radical (unpaired) electrons. The summed E-state index contributed by atoms with van der Waals surface area (Å²) in [7, 11) is -3.88. The van der Waals surface area contributed by atoms with Crippen molar-refractivity contribution < 1.29 is 13.3 Å². The molecule has 1 heterocycles. The summed E-state index contributed by atoms with van der Waals surface area (Å²) in [5.41, 5.74) is 0.0708. The van der Waals surface area contributed by atoms with Crippen LogP contribution in [0, 0.1) is 23.0 Å². The Morgan fingerprint density at radius 2 is 2.17 bits per heavy atom. The summed E-state index contributed by atoms with van der Waals surface area (Å²) in [6, 6.07) is 2.61. The summed E-state index contributed by atoms with van der Waals surface area (Å²) in [6.45, 7) is 3.77. The van der Waals surface area contributed by atoms with Crippen LogP contribution in [0.4, 0.5) is 5.69 Å². The van der Waals surface area contributed by atoms with E-state index in [1.807, 2.05) is 0 Å². The Balaban J connectivity index is 0.00000288. The highest BCUT2D eigenvalue weighted by Gasteiger charge is 2.25. The third-order valence-corrected chi connectivity index (χ3v) is 5.89. The monoisotopic (exact) mass is 397 g/mol. The smallest absolute Gasteiger partial charge is 0.289 e. The average Bonchev–Trinajstić information content (AvgIpc) is 2.49. The van der Waals surface area contributed by atoms with Crippen LogP contribution in [-0.4, -0.2) is 33.0 Å². The van der Waals surface area contributed by atoms with E-state index in [1.165, 1.54) is 12.1 Å². The van der Waals surface area contributed by atoms with Crippen LogP contribution in [0.15, 0.2) is 17.0 Å². The van der Waals surface area contributed by atoms with Gasteiger partial charge in [0, 0.05) is 12.6 Å². The number of halogens is 2. The van der Waals surface area contributed by atoms with Crippen molar-refractivity contribution in [1.29, 1.82) is 0 Å². The van der Waals surface area contributed by atoms with Crippen LogP contribution in [0.2, 0.25) is 5.02 Å². The van der Waals surface area contributed by atoms with Crippen molar-refractivity contribution in [3.05, 3.63) is 32.8 Å². The normalized spacial score (nSPS) is 18.0. The molecule has 2 N–H and O–H groups in total. The Morgan fingerprint density at radius 1 is 1.46 bits per heavy atom. The lowest BCUT2D eigenvalue weighted by Crippen LogP contribution is -2.33. The lowest BCUT2D eigenvalue weighted by atomic mass is 9.96. The third-order valence-electron chi connectivity index (χ3n) is 3.89. The number of nitrogens with one attached hydrogen (secondary N) is 2. The van der Waals surface area contributed by atoms with Gasteiger partial charge in [-0.3, -0.25) is 10.1 Å². The van der Waals surface area contributed by atoms with E-state index in [4.69, 9.17) is 11.6 Å². The summed E-state index contributed by atoms with van der Waals surface area (Å²) < 4.78 is 27.3. The van der Waals surface area contributed by atoms with Gasteiger partial charge in [0.05, 0.1) is 4.92 Å². The molecule has 0 aliphatic carbocycles. The molecule has 0 aromatic heterocycles. The number of sulfonamides is 1. The highest BCUT2D eigenvalue weighted by Crippen LogP contribution is 2.32. The zero-order chi connectivity index (χ0) is 17.0. The molecular weight excluding hydrogens is 377 g/mol. The van der Waals surface area contributed by atoms with E-state index in [-0.39, 0.29) is 28.9 Å². The van der Waals surface area contributed by atoms with Crippen LogP contribution in [0.3, 0.4) is 0 Å². The maximum Gasteiger partial charge on any atom is 0.289 e. The molecule has 1 aliphatic rings. The molecule has 1 aromatic carbocycles. The number of nitro groups is 1. The number of rotatable bonds is 6. The van der Waals surface area contributed by atoms with Gasteiger partial charge in [0.25, 0.3) is 5.69 Å². The summed E-state index contributed by atoms with van der Waals surface area (Å²) >= 11 is 5.92. The lowest BCUT2D eigenvalue weighted by molar-refractivity contribution is -0.385. The van der Waals surface area contributed by atoms with E-state index in [2.05, 4.69) is 10.0 Å². The fourth-order valence-corrected chi connectivity index (χ4v) is 4.40. The molecule has 10 heteroatoms. The van der Waals surface area contributed by atoms with Crippen LogP contribution in [0.25, 0.3) is 0 Å². The van der Waals surface area contributed by atoms with E-state index < -0.39 is 20.6 Å². The van der Waals surface area contributed by atoms with Crippen molar-refractivity contribution in [2.45, 2.75) is 31.1 Å². The van der Waals surface area contributed by atoms with Gasteiger partial charge in [-0.1, -0.05) is 11.6 Å². The van der Waals surface area contributed by atoms with Gasteiger partial charge < -0.3 is 5.32 Å². The summed E-state index contributed by atoms with van der Waals surface area (Å²) in [5.74, 6) is 0.439. The Kier molecular flexibility index (Phi) is 7.88. The molecule has 1 unspecified atom stereocenters. The Labute approximate surface area is 152 Å². The predicted octanol–water partition coefficient (Wildman–Crippen LogP) is 2.65. The molecule has 0 spiro atoms. The lowest BCUT2D eigenvalue weighted by Gasteiger charge is -2.22. The molecule has 24 heavy (non-hydrogen) atoms. The number of nitrogens with zero attached hydrogens (tertiary/aromatic N) is 1. The van der Waals surface area contributed by atoms with Crippen molar-refractivity contribution in [3.63, 3.8) is 0 Å². The van der Waals surface area contributed by atoms with E-state index in [9.17, 15) is 18.5 Å². The van der Waals surface area contributed by atoms with Crippen LogP contribution >= 0.6 is 24.0 Å². The molecule has 1 fully saturated rings. The summed E-state index contributed by atoms with van der Waals surface area (Å²) in [5, 5.41) is 13.9. The van der Waals surface area contributed by atoms with E-state index in [1.54, 1.807) is 6.92 Å². The minimum absolute atomic E-state index is 0.